The van der Waals surface area contributed by atoms with Crippen LogP contribution in [0, 0.1) is 0 Å². The molecule has 0 radical (unpaired) electrons. The Morgan fingerprint density at radius 1 is 1.22 bits per heavy atom. The zero-order chi connectivity index (χ0) is 16.9. The average Bonchev–Trinajstić information content (AvgIpc) is 2.99. The molecule has 1 aromatic heterocycles. The molecule has 5 nitrogen and oxygen atoms in total. The van der Waals surface area contributed by atoms with Crippen molar-refractivity contribution in [3.05, 3.63) is 36.2 Å². The van der Waals surface area contributed by atoms with E-state index in [1.807, 2.05) is 0 Å². The van der Waals surface area contributed by atoms with Gasteiger partial charge in [-0.1, -0.05) is 12.1 Å². The highest BCUT2D eigenvalue weighted by Gasteiger charge is 2.25. The van der Waals surface area contributed by atoms with Crippen LogP contribution in [0.25, 0.3) is 11.4 Å². The van der Waals surface area contributed by atoms with Gasteiger partial charge in [-0.2, -0.15) is 18.3 Å². The molecule has 0 aliphatic heterocycles. The lowest BCUT2D eigenvalue weighted by Gasteiger charge is -2.05. The van der Waals surface area contributed by atoms with E-state index in [0.717, 1.165) is 0 Å². The highest BCUT2D eigenvalue weighted by molar-refractivity contribution is 5.89. The summed E-state index contributed by atoms with van der Waals surface area (Å²) in [4.78, 5) is 15.5. The van der Waals surface area contributed by atoms with Crippen LogP contribution in [-0.4, -0.2) is 34.0 Å². The van der Waals surface area contributed by atoms with Crippen molar-refractivity contribution >= 4 is 5.97 Å². The molecule has 0 saturated heterocycles. The van der Waals surface area contributed by atoms with Crippen molar-refractivity contribution in [1.82, 2.24) is 14.8 Å². The van der Waals surface area contributed by atoms with E-state index >= 15 is 0 Å². The molecule has 0 fully saturated rings. The summed E-state index contributed by atoms with van der Waals surface area (Å²) in [5, 5.41) is 4.22. The fourth-order valence-electron chi connectivity index (χ4n) is 2.01. The van der Waals surface area contributed by atoms with E-state index in [1.165, 1.54) is 18.1 Å². The van der Waals surface area contributed by atoms with Gasteiger partial charge in [0.2, 0.25) is 0 Å². The minimum Gasteiger partial charge on any atom is -0.465 e. The van der Waals surface area contributed by atoms with Crippen LogP contribution in [-0.2, 0) is 11.3 Å². The summed E-state index contributed by atoms with van der Waals surface area (Å²) in [5.74, 6) is 0.0249. The summed E-state index contributed by atoms with van der Waals surface area (Å²) in [6.07, 6.45) is -2.98. The molecule has 23 heavy (non-hydrogen) atoms. The van der Waals surface area contributed by atoms with E-state index in [4.69, 9.17) is 0 Å². The summed E-state index contributed by atoms with van der Waals surface area (Å²) in [6.45, 7) is 0.378. The van der Waals surface area contributed by atoms with Gasteiger partial charge < -0.3 is 4.74 Å². The Morgan fingerprint density at radius 2 is 1.91 bits per heavy atom. The Kier molecular flexibility index (Phi) is 5.36. The lowest BCUT2D eigenvalue weighted by molar-refractivity contribution is -0.135. The molecule has 0 amide bonds. The minimum atomic E-state index is -4.12. The number of halogens is 3. The van der Waals surface area contributed by atoms with Gasteiger partial charge in [0.25, 0.3) is 0 Å². The monoisotopic (exact) mass is 327 g/mol. The molecule has 8 heteroatoms. The molecule has 2 rings (SSSR count). The number of unbranched alkanes of at least 4 members (excludes halogenated alkanes) is 1. The van der Waals surface area contributed by atoms with Crippen LogP contribution in [0.15, 0.2) is 30.6 Å². The molecular weight excluding hydrogens is 311 g/mol. The molecule has 124 valence electrons. The lowest BCUT2D eigenvalue weighted by atomic mass is 10.1. The number of nitrogens with zero attached hydrogens (tertiary/aromatic N) is 3. The van der Waals surface area contributed by atoms with Crippen molar-refractivity contribution in [2.75, 3.05) is 7.11 Å². The summed E-state index contributed by atoms with van der Waals surface area (Å²) in [6, 6.07) is 6.58. The predicted molar refractivity (Wildman–Crippen MR) is 76.7 cm³/mol. The normalized spacial score (nSPS) is 11.5. The number of aromatic nitrogens is 3. The first kappa shape index (κ1) is 17.0. The lowest BCUT2D eigenvalue weighted by Crippen LogP contribution is -2.07. The number of carbonyl (C=O) groups excluding carboxylic acids is 1. The molecule has 0 saturated carbocycles. The molecule has 0 aliphatic rings. The number of carbonyl (C=O) groups is 1. The van der Waals surface area contributed by atoms with Gasteiger partial charge in [0.1, 0.15) is 6.33 Å². The van der Waals surface area contributed by atoms with Crippen LogP contribution in [0.1, 0.15) is 29.6 Å². The van der Waals surface area contributed by atoms with Crippen LogP contribution < -0.4 is 0 Å². The smallest absolute Gasteiger partial charge is 0.389 e. The van der Waals surface area contributed by atoms with E-state index in [-0.39, 0.29) is 6.42 Å². The van der Waals surface area contributed by atoms with E-state index < -0.39 is 18.6 Å². The Hall–Kier alpha value is -2.38. The van der Waals surface area contributed by atoms with Crippen molar-refractivity contribution in [2.24, 2.45) is 0 Å². The maximum atomic E-state index is 12.1. The van der Waals surface area contributed by atoms with E-state index in [0.29, 0.717) is 29.9 Å². The molecular formula is C15H16F3N3O2. The first-order valence-electron chi connectivity index (χ1n) is 7.04. The SMILES string of the molecule is COC(=O)c1ccc(-c2ncn(CCCCC(F)(F)F)n2)cc1. The average molecular weight is 327 g/mol. The maximum absolute atomic E-state index is 12.1. The maximum Gasteiger partial charge on any atom is 0.389 e. The number of methoxy groups -OCH3 is 1. The number of hydrogen-bond donors (Lipinski definition) is 0. The highest BCUT2D eigenvalue weighted by atomic mass is 19.4. The fourth-order valence-corrected chi connectivity index (χ4v) is 2.01. The number of aryl methyl sites for hydroxylation is 1. The summed E-state index contributed by atoms with van der Waals surface area (Å²) in [7, 11) is 1.30. The van der Waals surface area contributed by atoms with Gasteiger partial charge in [-0.15, -0.1) is 0 Å². The minimum absolute atomic E-state index is 0.0620. The van der Waals surface area contributed by atoms with Gasteiger partial charge in [-0.25, -0.2) is 9.78 Å². The third-order valence-corrected chi connectivity index (χ3v) is 3.20. The van der Waals surface area contributed by atoms with Gasteiger partial charge in [0, 0.05) is 18.5 Å². The molecule has 0 bridgehead atoms. The topological polar surface area (TPSA) is 57.0 Å². The molecule has 0 N–H and O–H groups in total. The quantitative estimate of drug-likeness (QED) is 0.602. The summed E-state index contributed by atoms with van der Waals surface area (Å²) in [5.41, 5.74) is 1.13. The summed E-state index contributed by atoms with van der Waals surface area (Å²) < 4.78 is 42.3. The van der Waals surface area contributed by atoms with E-state index in [9.17, 15) is 18.0 Å². The second-order valence-electron chi connectivity index (χ2n) is 4.97. The highest BCUT2D eigenvalue weighted by Crippen LogP contribution is 2.22. The molecule has 1 aromatic carbocycles. The number of hydrogen-bond acceptors (Lipinski definition) is 4. The number of esters is 1. The zero-order valence-electron chi connectivity index (χ0n) is 12.5. The third-order valence-electron chi connectivity index (χ3n) is 3.20. The van der Waals surface area contributed by atoms with Crippen LogP contribution in [0.5, 0.6) is 0 Å². The Balaban J connectivity index is 1.92. The van der Waals surface area contributed by atoms with Crippen LogP contribution in [0.3, 0.4) is 0 Å². The van der Waals surface area contributed by atoms with Crippen molar-refractivity contribution < 1.29 is 22.7 Å². The Morgan fingerprint density at radius 3 is 2.52 bits per heavy atom. The largest absolute Gasteiger partial charge is 0.465 e. The predicted octanol–water partition coefficient (Wildman–Crippen LogP) is 3.46. The van der Waals surface area contributed by atoms with Gasteiger partial charge in [-0.3, -0.25) is 4.68 Å². The van der Waals surface area contributed by atoms with Gasteiger partial charge in [-0.05, 0) is 25.0 Å². The van der Waals surface area contributed by atoms with E-state index in [1.54, 1.807) is 24.3 Å². The molecule has 0 atom stereocenters. The molecule has 0 aliphatic carbocycles. The van der Waals surface area contributed by atoms with Crippen molar-refractivity contribution in [3.8, 4) is 11.4 Å². The van der Waals surface area contributed by atoms with Crippen LogP contribution in [0.4, 0.5) is 13.2 Å². The second kappa shape index (κ2) is 7.26. The Bertz CT molecular complexity index is 651. The zero-order valence-corrected chi connectivity index (χ0v) is 12.5. The number of alkyl halides is 3. The third kappa shape index (κ3) is 5.08. The molecule has 1 heterocycles. The van der Waals surface area contributed by atoms with E-state index in [2.05, 4.69) is 14.8 Å². The first-order chi connectivity index (χ1) is 10.9. The van der Waals surface area contributed by atoms with Crippen LogP contribution in [0.2, 0.25) is 0 Å². The van der Waals surface area contributed by atoms with Crippen molar-refractivity contribution in [3.63, 3.8) is 0 Å². The van der Waals surface area contributed by atoms with Gasteiger partial charge in [0.15, 0.2) is 5.82 Å². The molecule has 0 unspecified atom stereocenters. The number of benzene rings is 1. The van der Waals surface area contributed by atoms with Crippen molar-refractivity contribution in [2.45, 2.75) is 32.0 Å². The summed E-state index contributed by atoms with van der Waals surface area (Å²) >= 11 is 0. The fraction of sp³-hybridized carbons (Fsp3) is 0.400. The van der Waals surface area contributed by atoms with Crippen LogP contribution >= 0.6 is 0 Å². The standard InChI is InChI=1S/C15H16F3N3O2/c1-23-14(22)12-6-4-11(5-7-12)13-19-10-21(20-13)9-3-2-8-15(16,17)18/h4-7,10H,2-3,8-9H2,1H3. The number of rotatable bonds is 6. The molecule has 0 spiro atoms. The van der Waals surface area contributed by atoms with Crippen molar-refractivity contribution in [1.29, 1.82) is 0 Å². The Labute approximate surface area is 131 Å². The first-order valence-corrected chi connectivity index (χ1v) is 7.04. The van der Waals surface area contributed by atoms with Gasteiger partial charge in [0.05, 0.1) is 12.7 Å². The second-order valence-corrected chi connectivity index (χ2v) is 4.97. The van der Waals surface area contributed by atoms with Gasteiger partial charge >= 0.3 is 12.1 Å². The number of ether oxygens (including phenoxy) is 1. The molecule has 2 aromatic rings.